The fourth-order valence-corrected chi connectivity index (χ4v) is 5.40. The number of nitrogen functional groups attached to an aromatic ring is 1. The van der Waals surface area contributed by atoms with Gasteiger partial charge in [0.2, 0.25) is 5.91 Å². The first kappa shape index (κ1) is 19.3. The van der Waals surface area contributed by atoms with E-state index in [1.807, 2.05) is 36.4 Å². The Balaban J connectivity index is 1.71. The summed E-state index contributed by atoms with van der Waals surface area (Å²) in [6, 6.07) is 11.2. The minimum Gasteiger partial charge on any atom is -0.495 e. The fraction of sp³-hybridized carbons (Fsp3) is 0.286. The normalized spacial score (nSPS) is 18.6. The Bertz CT molecular complexity index is 990. The quantitative estimate of drug-likeness (QED) is 0.579. The molecule has 7 nitrogen and oxygen atoms in total. The third kappa shape index (κ3) is 3.80. The van der Waals surface area contributed by atoms with E-state index in [1.165, 1.54) is 0 Å². The van der Waals surface area contributed by atoms with Crippen LogP contribution in [0, 0.1) is 0 Å². The van der Waals surface area contributed by atoms with E-state index in [4.69, 9.17) is 10.5 Å². The molecule has 29 heavy (non-hydrogen) atoms. The van der Waals surface area contributed by atoms with Crippen molar-refractivity contribution in [3.8, 4) is 5.75 Å². The van der Waals surface area contributed by atoms with E-state index in [0.717, 1.165) is 22.4 Å². The molecule has 2 aromatic rings. The average Bonchev–Trinajstić information content (AvgIpc) is 3.02. The van der Waals surface area contributed by atoms with Crippen LogP contribution >= 0.6 is 0 Å². The van der Waals surface area contributed by atoms with Crippen LogP contribution in [0.15, 0.2) is 36.4 Å². The Kier molecular flexibility index (Phi) is 5.19. The van der Waals surface area contributed by atoms with Gasteiger partial charge in [0.1, 0.15) is 11.5 Å². The number of imide groups is 1. The van der Waals surface area contributed by atoms with Gasteiger partial charge in [-0.25, -0.2) is 10.1 Å². The molecule has 0 aromatic heterocycles. The molecule has 2 aromatic carbocycles. The highest BCUT2D eigenvalue weighted by atomic mass is 32.2. The first-order valence-corrected chi connectivity index (χ1v) is 10.9. The fourth-order valence-electron chi connectivity index (χ4n) is 3.75. The number of rotatable bonds is 5. The molecule has 2 aliphatic heterocycles. The number of benzene rings is 2. The van der Waals surface area contributed by atoms with Crippen LogP contribution in [0.25, 0.3) is 0 Å². The van der Waals surface area contributed by atoms with Crippen molar-refractivity contribution in [2.75, 3.05) is 23.5 Å². The zero-order valence-electron chi connectivity index (χ0n) is 16.1. The van der Waals surface area contributed by atoms with Crippen LogP contribution in [0.3, 0.4) is 0 Å². The summed E-state index contributed by atoms with van der Waals surface area (Å²) in [7, 11) is 0.906. The molecule has 8 heteroatoms. The number of fused-ring (bicyclic) bond motifs is 1. The number of hydrogen-bond donors (Lipinski definition) is 2. The average molecular weight is 412 g/mol. The van der Waals surface area contributed by atoms with Crippen LogP contribution in [0.4, 0.5) is 16.2 Å². The molecule has 3 amide bonds. The minimum absolute atomic E-state index is 0.0287. The summed E-state index contributed by atoms with van der Waals surface area (Å²) in [6.45, 7) is 0.413. The number of nitrogens with two attached hydrogens (primary N) is 1. The monoisotopic (exact) mass is 412 g/mol. The highest BCUT2D eigenvalue weighted by Gasteiger charge is 2.42. The third-order valence-corrected chi connectivity index (χ3v) is 7.08. The van der Waals surface area contributed by atoms with Crippen molar-refractivity contribution in [1.82, 2.24) is 5.32 Å². The van der Waals surface area contributed by atoms with Crippen LogP contribution in [-0.2, 0) is 39.2 Å². The Morgan fingerprint density at radius 2 is 1.86 bits per heavy atom. The molecule has 2 heterocycles. The Labute approximate surface area is 171 Å². The van der Waals surface area contributed by atoms with Crippen LogP contribution in [0.2, 0.25) is 0 Å². The van der Waals surface area contributed by atoms with Crippen molar-refractivity contribution in [1.29, 1.82) is 0 Å². The Morgan fingerprint density at radius 3 is 2.52 bits per heavy atom. The maximum Gasteiger partial charge on any atom is 0.436 e. The van der Waals surface area contributed by atoms with Gasteiger partial charge in [0.05, 0.1) is 30.2 Å². The number of nitrogens with zero attached hydrogens (tertiary/aromatic N) is 1. The molecule has 3 N–H and O–H groups in total. The molecule has 1 saturated heterocycles. The van der Waals surface area contributed by atoms with Crippen LogP contribution < -0.4 is 20.7 Å². The molecule has 0 bridgehead atoms. The highest BCUT2D eigenvalue weighted by molar-refractivity contribution is 8.11. The van der Waals surface area contributed by atoms with Crippen LogP contribution in [0.1, 0.15) is 23.1 Å². The molecule has 4 rings (SSSR count). The van der Waals surface area contributed by atoms with Crippen molar-refractivity contribution in [2.45, 2.75) is 25.1 Å². The van der Waals surface area contributed by atoms with Gasteiger partial charge in [-0.3, -0.25) is 9.59 Å². The number of nitrogens with one attached hydrogen (secondary N) is 1. The predicted molar refractivity (Wildman–Crippen MR) is 113 cm³/mol. The standard InChI is InChI=1S/C21H21N3O4S/c1-28-17-8-4-14(11-29-12-18(25)23-21(29)27)16-7-9-19(26)24(20(16)17)10-13-2-5-15(22)6-3-13/h2-6,8H,7,9-12,22H2,1H3/p+1. The van der Waals surface area contributed by atoms with Crippen molar-refractivity contribution >= 4 is 39.3 Å². The van der Waals surface area contributed by atoms with Gasteiger partial charge in [0, 0.05) is 17.7 Å². The number of methoxy groups -OCH3 is 1. The van der Waals surface area contributed by atoms with E-state index in [9.17, 15) is 14.4 Å². The molecule has 0 aliphatic carbocycles. The van der Waals surface area contributed by atoms with Gasteiger partial charge in [0.25, 0.3) is 5.91 Å². The molecule has 0 spiro atoms. The molecule has 150 valence electrons. The summed E-state index contributed by atoms with van der Waals surface area (Å²) < 4.78 is 5.57. The van der Waals surface area contributed by atoms with Gasteiger partial charge in [-0.05, 0) is 35.7 Å². The second-order valence-corrected chi connectivity index (χ2v) is 9.03. The lowest BCUT2D eigenvalue weighted by Gasteiger charge is -2.32. The van der Waals surface area contributed by atoms with Crippen molar-refractivity contribution in [3.63, 3.8) is 0 Å². The summed E-state index contributed by atoms with van der Waals surface area (Å²) in [5.41, 5.74) is 10.2. The zero-order valence-corrected chi connectivity index (χ0v) is 16.9. The van der Waals surface area contributed by atoms with Gasteiger partial charge in [-0.2, -0.15) is 0 Å². The summed E-state index contributed by atoms with van der Waals surface area (Å²) in [5, 5.41) is 2.17. The van der Waals surface area contributed by atoms with E-state index in [-0.39, 0.29) is 22.8 Å². The number of ether oxygens (including phenoxy) is 1. The zero-order chi connectivity index (χ0) is 20.5. The number of carbonyl (C=O) groups excluding carboxylic acids is 3. The van der Waals surface area contributed by atoms with Gasteiger partial charge in [-0.1, -0.05) is 18.2 Å². The smallest absolute Gasteiger partial charge is 0.436 e. The first-order chi connectivity index (χ1) is 14.0. The van der Waals surface area contributed by atoms with Gasteiger partial charge in [0.15, 0.2) is 5.75 Å². The molecule has 1 atom stereocenters. The van der Waals surface area contributed by atoms with Gasteiger partial charge >= 0.3 is 5.24 Å². The second-order valence-electron chi connectivity index (χ2n) is 7.09. The topological polar surface area (TPSA) is 102 Å². The van der Waals surface area contributed by atoms with Gasteiger partial charge in [-0.15, -0.1) is 0 Å². The summed E-state index contributed by atoms with van der Waals surface area (Å²) in [6.07, 6.45) is 0.979. The lowest BCUT2D eigenvalue weighted by atomic mass is 9.95. The maximum atomic E-state index is 12.8. The Hall–Kier alpha value is -3.00. The van der Waals surface area contributed by atoms with E-state index >= 15 is 0 Å². The summed E-state index contributed by atoms with van der Waals surface area (Å²) in [4.78, 5) is 38.1. The number of carbonyl (C=O) groups is 3. The molecular weight excluding hydrogens is 390 g/mol. The van der Waals surface area contributed by atoms with E-state index in [0.29, 0.717) is 36.6 Å². The van der Waals surface area contributed by atoms with Crippen molar-refractivity contribution in [3.05, 3.63) is 53.1 Å². The lowest BCUT2D eigenvalue weighted by Crippen LogP contribution is -2.35. The minimum atomic E-state index is -0.678. The number of anilines is 2. The van der Waals surface area contributed by atoms with E-state index in [2.05, 4.69) is 5.32 Å². The van der Waals surface area contributed by atoms with Gasteiger partial charge < -0.3 is 15.4 Å². The second kappa shape index (κ2) is 7.79. The van der Waals surface area contributed by atoms with E-state index < -0.39 is 10.9 Å². The largest absolute Gasteiger partial charge is 0.495 e. The van der Waals surface area contributed by atoms with Crippen molar-refractivity contribution in [2.24, 2.45) is 0 Å². The predicted octanol–water partition coefficient (Wildman–Crippen LogP) is 2.12. The van der Waals surface area contributed by atoms with Crippen LogP contribution in [-0.4, -0.2) is 29.9 Å². The summed E-state index contributed by atoms with van der Waals surface area (Å²) in [5.74, 6) is 1.16. The molecule has 1 fully saturated rings. The molecule has 1 unspecified atom stereocenters. The molecule has 2 aliphatic rings. The molecule has 0 radical (unpaired) electrons. The number of amides is 3. The molecular formula is C21H22N3O4S+. The lowest BCUT2D eigenvalue weighted by molar-refractivity contribution is -0.119. The number of hydrogen-bond acceptors (Lipinski definition) is 5. The highest BCUT2D eigenvalue weighted by Crippen LogP contribution is 2.40. The summed E-state index contributed by atoms with van der Waals surface area (Å²) >= 11 is 0. The molecule has 0 saturated carbocycles. The maximum absolute atomic E-state index is 12.8. The first-order valence-electron chi connectivity index (χ1n) is 9.31. The Morgan fingerprint density at radius 1 is 1.10 bits per heavy atom. The third-order valence-electron chi connectivity index (χ3n) is 5.18. The van der Waals surface area contributed by atoms with Crippen molar-refractivity contribution < 1.29 is 19.1 Å². The van der Waals surface area contributed by atoms with Crippen LogP contribution in [0.5, 0.6) is 5.75 Å². The van der Waals surface area contributed by atoms with E-state index in [1.54, 1.807) is 12.0 Å². The SMILES string of the molecule is COc1ccc(C[S+]2CC(=O)NC2=O)c2c1N(Cc1ccc(N)cc1)C(=O)CC2.